The van der Waals surface area contributed by atoms with Gasteiger partial charge in [-0.2, -0.15) is 5.26 Å². The van der Waals surface area contributed by atoms with E-state index in [1.807, 2.05) is 13.8 Å². The van der Waals surface area contributed by atoms with Gasteiger partial charge in [0.25, 0.3) is 5.91 Å². The highest BCUT2D eigenvalue weighted by atomic mass is 32.1. The minimum Gasteiger partial charge on any atom is -0.396 e. The minimum absolute atomic E-state index is 0.210. The lowest BCUT2D eigenvalue weighted by atomic mass is 10.2. The van der Waals surface area contributed by atoms with E-state index in [0.29, 0.717) is 22.0 Å². The van der Waals surface area contributed by atoms with Gasteiger partial charge in [0.1, 0.15) is 21.5 Å². The maximum absolute atomic E-state index is 11.9. The lowest BCUT2D eigenvalue weighted by Gasteiger charge is -2.10. The van der Waals surface area contributed by atoms with Crippen molar-refractivity contribution in [3.63, 3.8) is 0 Å². The molecular formula is C13H20N4OS. The summed E-state index contributed by atoms with van der Waals surface area (Å²) < 4.78 is 0. The highest BCUT2D eigenvalue weighted by Gasteiger charge is 2.21. The molecule has 1 unspecified atom stereocenters. The van der Waals surface area contributed by atoms with Gasteiger partial charge < -0.3 is 16.4 Å². The fourth-order valence-electron chi connectivity index (χ4n) is 1.47. The molecule has 0 aromatic carbocycles. The van der Waals surface area contributed by atoms with Gasteiger partial charge in [0.05, 0.1) is 5.69 Å². The second-order valence-corrected chi connectivity index (χ2v) is 5.39. The monoisotopic (exact) mass is 280 g/mol. The van der Waals surface area contributed by atoms with Gasteiger partial charge in [0, 0.05) is 12.6 Å². The Labute approximate surface area is 117 Å². The van der Waals surface area contributed by atoms with Gasteiger partial charge in [-0.3, -0.25) is 4.79 Å². The van der Waals surface area contributed by atoms with E-state index >= 15 is 0 Å². The highest BCUT2D eigenvalue weighted by Crippen LogP contribution is 2.35. The predicted molar refractivity (Wildman–Crippen MR) is 79.4 cm³/mol. The summed E-state index contributed by atoms with van der Waals surface area (Å²) in [5.74, 6) is -0.210. The SMILES string of the molecule is CCCNC(=O)c1sc(NC(C)CC)c(C#N)c1N. The van der Waals surface area contributed by atoms with E-state index in [1.54, 1.807) is 0 Å². The Balaban J connectivity index is 3.02. The van der Waals surface area contributed by atoms with Crippen molar-refractivity contribution in [1.29, 1.82) is 5.26 Å². The van der Waals surface area contributed by atoms with E-state index in [2.05, 4.69) is 23.6 Å². The fraction of sp³-hybridized carbons (Fsp3) is 0.538. The molecule has 0 aliphatic rings. The third-order valence-corrected chi connectivity index (χ3v) is 3.92. The number of amides is 1. The number of nitrogens with two attached hydrogens (primary N) is 1. The predicted octanol–water partition coefficient (Wildman–Crippen LogP) is 2.55. The number of hydrogen-bond acceptors (Lipinski definition) is 5. The molecule has 104 valence electrons. The maximum Gasteiger partial charge on any atom is 0.263 e. The molecule has 1 atom stereocenters. The molecule has 6 heteroatoms. The molecule has 0 radical (unpaired) electrons. The number of carbonyl (C=O) groups excluding carboxylic acids is 1. The molecule has 0 saturated heterocycles. The Hall–Kier alpha value is -1.74. The number of hydrogen-bond donors (Lipinski definition) is 3. The van der Waals surface area contributed by atoms with E-state index in [9.17, 15) is 4.79 Å². The van der Waals surface area contributed by atoms with Crippen LogP contribution in [0.3, 0.4) is 0 Å². The average Bonchev–Trinajstić information content (AvgIpc) is 2.72. The second-order valence-electron chi connectivity index (χ2n) is 4.37. The number of nitrogens with zero attached hydrogens (tertiary/aromatic N) is 1. The van der Waals surface area contributed by atoms with Crippen molar-refractivity contribution < 1.29 is 4.79 Å². The van der Waals surface area contributed by atoms with Crippen molar-refractivity contribution in [2.45, 2.75) is 39.7 Å². The average molecular weight is 280 g/mol. The first-order valence-electron chi connectivity index (χ1n) is 6.42. The number of rotatable bonds is 6. The molecule has 0 bridgehead atoms. The van der Waals surface area contributed by atoms with Crippen LogP contribution in [0.5, 0.6) is 0 Å². The summed E-state index contributed by atoms with van der Waals surface area (Å²) in [6.07, 6.45) is 1.79. The molecule has 5 nitrogen and oxygen atoms in total. The zero-order valence-corrected chi connectivity index (χ0v) is 12.4. The van der Waals surface area contributed by atoms with Gasteiger partial charge >= 0.3 is 0 Å². The Morgan fingerprint density at radius 3 is 2.74 bits per heavy atom. The summed E-state index contributed by atoms with van der Waals surface area (Å²) in [6.45, 7) is 6.66. The highest BCUT2D eigenvalue weighted by molar-refractivity contribution is 7.18. The number of nitriles is 1. The second kappa shape index (κ2) is 7.00. The van der Waals surface area contributed by atoms with Crippen molar-refractivity contribution in [2.24, 2.45) is 0 Å². The van der Waals surface area contributed by atoms with Crippen LogP contribution in [0.25, 0.3) is 0 Å². The lowest BCUT2D eigenvalue weighted by molar-refractivity contribution is 0.0958. The van der Waals surface area contributed by atoms with Gasteiger partial charge in [0.2, 0.25) is 0 Å². The van der Waals surface area contributed by atoms with Crippen LogP contribution in [-0.2, 0) is 0 Å². The molecule has 1 aromatic heterocycles. The van der Waals surface area contributed by atoms with Crippen molar-refractivity contribution in [1.82, 2.24) is 5.32 Å². The maximum atomic E-state index is 11.9. The van der Waals surface area contributed by atoms with E-state index in [0.717, 1.165) is 12.8 Å². The van der Waals surface area contributed by atoms with Gasteiger partial charge in [-0.05, 0) is 19.8 Å². The third-order valence-electron chi connectivity index (χ3n) is 2.79. The topological polar surface area (TPSA) is 90.9 Å². The zero-order valence-electron chi connectivity index (χ0n) is 11.5. The molecule has 4 N–H and O–H groups in total. The third kappa shape index (κ3) is 3.61. The van der Waals surface area contributed by atoms with Crippen LogP contribution >= 0.6 is 11.3 Å². The smallest absolute Gasteiger partial charge is 0.263 e. The lowest BCUT2D eigenvalue weighted by Crippen LogP contribution is -2.23. The van der Waals surface area contributed by atoms with Crippen LogP contribution in [0.1, 0.15) is 48.8 Å². The molecule has 1 heterocycles. The Kier molecular flexibility index (Phi) is 5.64. The summed E-state index contributed by atoms with van der Waals surface area (Å²) in [5.41, 5.74) is 6.53. The van der Waals surface area contributed by atoms with Gasteiger partial charge in [-0.1, -0.05) is 13.8 Å². The summed E-state index contributed by atoms with van der Waals surface area (Å²) in [4.78, 5) is 12.4. The molecule has 19 heavy (non-hydrogen) atoms. The summed E-state index contributed by atoms with van der Waals surface area (Å²) in [5, 5.41) is 15.8. The van der Waals surface area contributed by atoms with Crippen molar-refractivity contribution in [2.75, 3.05) is 17.6 Å². The van der Waals surface area contributed by atoms with Crippen LogP contribution in [0, 0.1) is 11.3 Å². The normalized spacial score (nSPS) is 11.7. The van der Waals surface area contributed by atoms with Gasteiger partial charge in [0.15, 0.2) is 0 Å². The molecule has 1 rings (SSSR count). The Bertz CT molecular complexity index is 490. The number of nitrogens with one attached hydrogen (secondary N) is 2. The van der Waals surface area contributed by atoms with Crippen LogP contribution in [-0.4, -0.2) is 18.5 Å². The van der Waals surface area contributed by atoms with E-state index in [4.69, 9.17) is 11.0 Å². The quantitative estimate of drug-likeness (QED) is 0.747. The Morgan fingerprint density at radius 2 is 2.21 bits per heavy atom. The molecule has 1 amide bonds. The molecule has 0 fully saturated rings. The fourth-order valence-corrected chi connectivity index (χ4v) is 2.57. The minimum atomic E-state index is -0.210. The van der Waals surface area contributed by atoms with Crippen molar-refractivity contribution in [3.8, 4) is 6.07 Å². The van der Waals surface area contributed by atoms with Crippen LogP contribution < -0.4 is 16.4 Å². The van der Waals surface area contributed by atoms with Crippen molar-refractivity contribution in [3.05, 3.63) is 10.4 Å². The first-order valence-corrected chi connectivity index (χ1v) is 7.23. The van der Waals surface area contributed by atoms with Crippen LogP contribution in [0.2, 0.25) is 0 Å². The summed E-state index contributed by atoms with van der Waals surface area (Å²) in [7, 11) is 0. The molecule has 0 aliphatic carbocycles. The molecule has 0 spiro atoms. The molecule has 0 saturated carbocycles. The number of carbonyl (C=O) groups is 1. The Morgan fingerprint density at radius 1 is 1.53 bits per heavy atom. The van der Waals surface area contributed by atoms with Crippen LogP contribution in [0.4, 0.5) is 10.7 Å². The standard InChI is InChI=1S/C13H20N4OS/c1-4-6-16-12(18)11-10(15)9(7-14)13(19-11)17-8(3)5-2/h8,17H,4-6,15H2,1-3H3,(H,16,18). The van der Waals surface area contributed by atoms with Gasteiger partial charge in [-0.25, -0.2) is 0 Å². The van der Waals surface area contributed by atoms with E-state index < -0.39 is 0 Å². The van der Waals surface area contributed by atoms with E-state index in [-0.39, 0.29) is 17.6 Å². The number of nitrogen functional groups attached to an aromatic ring is 1. The first-order chi connectivity index (χ1) is 9.04. The molecule has 0 aliphatic heterocycles. The van der Waals surface area contributed by atoms with Crippen LogP contribution in [0.15, 0.2) is 0 Å². The molecule has 1 aromatic rings. The van der Waals surface area contributed by atoms with Crippen molar-refractivity contribution >= 4 is 27.9 Å². The number of anilines is 2. The van der Waals surface area contributed by atoms with E-state index in [1.165, 1.54) is 11.3 Å². The van der Waals surface area contributed by atoms with Gasteiger partial charge in [-0.15, -0.1) is 11.3 Å². The summed E-state index contributed by atoms with van der Waals surface area (Å²) in [6, 6.07) is 2.30. The number of thiophene rings is 1. The summed E-state index contributed by atoms with van der Waals surface area (Å²) >= 11 is 1.24. The largest absolute Gasteiger partial charge is 0.396 e. The zero-order chi connectivity index (χ0) is 14.4. The molecular weight excluding hydrogens is 260 g/mol. The first kappa shape index (κ1) is 15.3.